The highest BCUT2D eigenvalue weighted by atomic mass is 16.3. The fourth-order valence-electron chi connectivity index (χ4n) is 4.78. The number of carbonyl (C=O) groups excluding carboxylic acids is 3. The number of hydrogen-bond acceptors (Lipinski definition) is 5. The minimum Gasteiger partial charge on any atom is -0.393 e. The lowest BCUT2D eigenvalue weighted by Crippen LogP contribution is -2.58. The van der Waals surface area contributed by atoms with E-state index in [0.29, 0.717) is 44.5 Å². The van der Waals surface area contributed by atoms with Crippen LogP contribution in [0.2, 0.25) is 0 Å². The number of likely N-dealkylation sites (tertiary alicyclic amines) is 2. The first-order valence-electron chi connectivity index (χ1n) is 10.8. The van der Waals surface area contributed by atoms with Crippen LogP contribution in [0.1, 0.15) is 49.9 Å². The number of fused-ring (bicyclic) bond motifs is 1. The van der Waals surface area contributed by atoms with Crippen molar-refractivity contribution in [1.82, 2.24) is 15.1 Å². The molecule has 8 heteroatoms. The van der Waals surface area contributed by atoms with E-state index in [1.165, 1.54) is 0 Å². The van der Waals surface area contributed by atoms with Gasteiger partial charge in [-0.25, -0.2) is 0 Å². The molecule has 0 saturated carbocycles. The molecule has 4 atom stereocenters. The maximum Gasteiger partial charge on any atom is 0.255 e. The number of nitrogens with one attached hydrogen (secondary N) is 2. The lowest BCUT2D eigenvalue weighted by molar-refractivity contribution is -0.147. The largest absolute Gasteiger partial charge is 0.393 e. The number of hydrogen-bond donors (Lipinski definition) is 3. The van der Waals surface area contributed by atoms with Crippen molar-refractivity contribution in [2.24, 2.45) is 5.92 Å². The highest BCUT2D eigenvalue weighted by Crippen LogP contribution is 2.32. The topological polar surface area (TPSA) is 102 Å². The van der Waals surface area contributed by atoms with Crippen molar-refractivity contribution in [3.63, 3.8) is 0 Å². The van der Waals surface area contributed by atoms with Gasteiger partial charge in [0.15, 0.2) is 0 Å². The molecule has 0 aliphatic carbocycles. The zero-order valence-corrected chi connectivity index (χ0v) is 17.6. The van der Waals surface area contributed by atoms with Gasteiger partial charge in [-0.05, 0) is 37.8 Å². The summed E-state index contributed by atoms with van der Waals surface area (Å²) in [5, 5.41) is 16.4. The number of nitrogens with zero attached hydrogens (tertiary/aromatic N) is 2. The smallest absolute Gasteiger partial charge is 0.255 e. The first kappa shape index (κ1) is 20.7. The third kappa shape index (κ3) is 3.76. The highest BCUT2D eigenvalue weighted by Gasteiger charge is 2.42. The van der Waals surface area contributed by atoms with Crippen LogP contribution in [-0.2, 0) is 9.59 Å². The first-order valence-corrected chi connectivity index (χ1v) is 10.8. The van der Waals surface area contributed by atoms with Gasteiger partial charge in [0.2, 0.25) is 11.8 Å². The molecule has 3 N–H and O–H groups in total. The summed E-state index contributed by atoms with van der Waals surface area (Å²) in [4.78, 5) is 41.9. The monoisotopic (exact) mass is 414 g/mol. The van der Waals surface area contributed by atoms with Gasteiger partial charge in [-0.2, -0.15) is 0 Å². The van der Waals surface area contributed by atoms with E-state index in [-0.39, 0.29) is 36.2 Å². The molecule has 3 aliphatic rings. The lowest BCUT2D eigenvalue weighted by Gasteiger charge is -2.40. The van der Waals surface area contributed by atoms with Crippen molar-refractivity contribution in [2.75, 3.05) is 25.0 Å². The Morgan fingerprint density at radius 1 is 1.20 bits per heavy atom. The lowest BCUT2D eigenvalue weighted by atomic mass is 9.95. The summed E-state index contributed by atoms with van der Waals surface area (Å²) in [6.45, 7) is 5.11. The van der Waals surface area contributed by atoms with Crippen LogP contribution in [0.4, 0.5) is 5.69 Å². The molecule has 30 heavy (non-hydrogen) atoms. The summed E-state index contributed by atoms with van der Waals surface area (Å²) in [6, 6.07) is 6.78. The van der Waals surface area contributed by atoms with Gasteiger partial charge in [0.05, 0.1) is 11.7 Å². The molecule has 3 amide bonds. The fourth-order valence-corrected chi connectivity index (χ4v) is 4.78. The molecule has 3 heterocycles. The maximum atomic E-state index is 13.1. The van der Waals surface area contributed by atoms with E-state index in [0.717, 1.165) is 5.69 Å². The summed E-state index contributed by atoms with van der Waals surface area (Å²) < 4.78 is 0. The molecule has 1 aromatic carbocycles. The molecule has 0 unspecified atom stereocenters. The number of piperidine rings is 1. The molecule has 1 spiro atoms. The van der Waals surface area contributed by atoms with Crippen LogP contribution >= 0.6 is 0 Å². The number of amides is 3. The zero-order chi connectivity index (χ0) is 21.5. The molecule has 3 aliphatic heterocycles. The number of carbonyl (C=O) groups is 3. The van der Waals surface area contributed by atoms with Gasteiger partial charge in [-0.15, -0.1) is 0 Å². The van der Waals surface area contributed by atoms with Crippen LogP contribution in [-0.4, -0.2) is 70.1 Å². The predicted octanol–water partition coefficient (Wildman–Crippen LogP) is 1.17. The van der Waals surface area contributed by atoms with Crippen LogP contribution in [0.5, 0.6) is 0 Å². The fraction of sp³-hybridized carbons (Fsp3) is 0.591. The van der Waals surface area contributed by atoms with Crippen LogP contribution < -0.4 is 10.6 Å². The van der Waals surface area contributed by atoms with Crippen molar-refractivity contribution in [2.45, 2.75) is 57.3 Å². The van der Waals surface area contributed by atoms with Crippen molar-refractivity contribution in [1.29, 1.82) is 0 Å². The van der Waals surface area contributed by atoms with Crippen LogP contribution in [0.3, 0.4) is 0 Å². The average Bonchev–Trinajstić information content (AvgIpc) is 2.88. The SMILES string of the molecule is C[C@H](C(=O)N1CC[C@H](O)[C@@H](C)C1)N1CC[C@]2(CCC1=O)NC(=O)c1ccccc1N2. The maximum absolute atomic E-state index is 13.1. The molecule has 8 nitrogen and oxygen atoms in total. The van der Waals surface area contributed by atoms with Crippen LogP contribution in [0.15, 0.2) is 24.3 Å². The van der Waals surface area contributed by atoms with E-state index in [1.54, 1.807) is 22.8 Å². The van der Waals surface area contributed by atoms with E-state index in [1.807, 2.05) is 25.1 Å². The molecule has 0 bridgehead atoms. The Bertz CT molecular complexity index is 859. The number of para-hydroxylation sites is 1. The first-order chi connectivity index (χ1) is 14.3. The normalized spacial score (nSPS) is 30.2. The minimum absolute atomic E-state index is 0.0275. The summed E-state index contributed by atoms with van der Waals surface area (Å²) in [6.07, 6.45) is 1.42. The molecular weight excluding hydrogens is 384 g/mol. The van der Waals surface area contributed by atoms with E-state index < -0.39 is 11.7 Å². The molecule has 0 radical (unpaired) electrons. The Morgan fingerprint density at radius 3 is 2.73 bits per heavy atom. The molecular formula is C22H30N4O4. The van der Waals surface area contributed by atoms with Gasteiger partial charge < -0.3 is 25.5 Å². The summed E-state index contributed by atoms with van der Waals surface area (Å²) in [5.41, 5.74) is 0.676. The zero-order valence-electron chi connectivity index (χ0n) is 17.6. The van der Waals surface area contributed by atoms with Crippen molar-refractivity contribution < 1.29 is 19.5 Å². The molecule has 2 saturated heterocycles. The van der Waals surface area contributed by atoms with Crippen molar-refractivity contribution in [3.05, 3.63) is 29.8 Å². The number of aliphatic hydroxyl groups excluding tert-OH is 1. The molecule has 162 valence electrons. The van der Waals surface area contributed by atoms with Crippen LogP contribution in [0.25, 0.3) is 0 Å². The van der Waals surface area contributed by atoms with Gasteiger partial charge in [-0.3, -0.25) is 14.4 Å². The Hall–Kier alpha value is -2.61. The second-order valence-electron chi connectivity index (χ2n) is 8.84. The van der Waals surface area contributed by atoms with E-state index >= 15 is 0 Å². The Morgan fingerprint density at radius 2 is 1.97 bits per heavy atom. The van der Waals surface area contributed by atoms with Crippen molar-refractivity contribution in [3.8, 4) is 0 Å². The van der Waals surface area contributed by atoms with E-state index in [9.17, 15) is 19.5 Å². The quantitative estimate of drug-likeness (QED) is 0.674. The average molecular weight is 415 g/mol. The third-order valence-corrected chi connectivity index (χ3v) is 6.76. The molecule has 0 aromatic heterocycles. The predicted molar refractivity (Wildman–Crippen MR) is 112 cm³/mol. The second kappa shape index (κ2) is 7.91. The van der Waals surface area contributed by atoms with Gasteiger partial charge in [0, 0.05) is 38.2 Å². The van der Waals surface area contributed by atoms with Gasteiger partial charge in [0.1, 0.15) is 11.7 Å². The minimum atomic E-state index is -0.692. The van der Waals surface area contributed by atoms with Gasteiger partial charge in [0.25, 0.3) is 5.91 Å². The Kier molecular flexibility index (Phi) is 5.44. The Labute approximate surface area is 176 Å². The van der Waals surface area contributed by atoms with Gasteiger partial charge >= 0.3 is 0 Å². The molecule has 1 aromatic rings. The van der Waals surface area contributed by atoms with Gasteiger partial charge in [-0.1, -0.05) is 19.1 Å². The molecule has 4 rings (SSSR count). The number of benzene rings is 1. The van der Waals surface area contributed by atoms with E-state index in [2.05, 4.69) is 10.6 Å². The number of rotatable bonds is 2. The summed E-state index contributed by atoms with van der Waals surface area (Å²) in [5.74, 6) is -0.272. The Balaban J connectivity index is 1.47. The number of aliphatic hydroxyl groups is 1. The third-order valence-electron chi connectivity index (χ3n) is 6.76. The van der Waals surface area contributed by atoms with E-state index in [4.69, 9.17) is 0 Å². The number of anilines is 1. The molecule has 2 fully saturated rings. The second-order valence-corrected chi connectivity index (χ2v) is 8.84. The summed E-state index contributed by atoms with van der Waals surface area (Å²) >= 11 is 0. The van der Waals surface area contributed by atoms with Crippen LogP contribution in [0, 0.1) is 5.92 Å². The highest BCUT2D eigenvalue weighted by molar-refractivity contribution is 6.02. The summed E-state index contributed by atoms with van der Waals surface area (Å²) in [7, 11) is 0. The van der Waals surface area contributed by atoms with Crippen molar-refractivity contribution >= 4 is 23.4 Å². The standard InChI is InChI=1S/C22H30N4O4/c1-14-13-25(11-8-18(14)27)21(30)15(2)26-12-10-22(9-7-19(26)28)23-17-6-4-3-5-16(17)20(29)24-22/h3-6,14-15,18,23,27H,7-13H2,1-2H3,(H,24,29)/t14-,15+,18-,22-/m0/s1.